The molecule has 0 amide bonds. The summed E-state index contributed by atoms with van der Waals surface area (Å²) in [6.45, 7) is 0.696. The molecular formula is C38H38N2O9. The van der Waals surface area contributed by atoms with Gasteiger partial charge in [-0.25, -0.2) is 0 Å². The number of likely N-dealkylation sites (N-methyl/N-ethyl adjacent to an activating group) is 1. The molecule has 3 aliphatic heterocycles. The Balaban J connectivity index is 1.55. The highest BCUT2D eigenvalue weighted by Crippen LogP contribution is 2.56. The molecule has 6 bridgehead atoms. The van der Waals surface area contributed by atoms with E-state index >= 15 is 0 Å². The number of aliphatic hydroxyl groups excluding tert-OH is 1. The summed E-state index contributed by atoms with van der Waals surface area (Å²) in [5.41, 5.74) is 3.40. The quantitative estimate of drug-likeness (QED) is 0.208. The van der Waals surface area contributed by atoms with Crippen molar-refractivity contribution >= 4 is 10.8 Å². The first-order chi connectivity index (χ1) is 23.8. The van der Waals surface area contributed by atoms with Crippen LogP contribution in [0.2, 0.25) is 0 Å². The second kappa shape index (κ2) is 12.9. The molecule has 8 rings (SSSR count). The predicted molar refractivity (Wildman–Crippen MR) is 182 cm³/mol. The van der Waals surface area contributed by atoms with Crippen LogP contribution in [0, 0.1) is 0 Å². The number of aromatic hydroxyl groups is 1. The molecule has 0 spiro atoms. The molecule has 11 heteroatoms. The summed E-state index contributed by atoms with van der Waals surface area (Å²) >= 11 is 0. The first-order valence-electron chi connectivity index (χ1n) is 15.8. The molecule has 2 atom stereocenters. The molecule has 5 aromatic rings. The highest BCUT2D eigenvalue weighted by molar-refractivity contribution is 5.88. The van der Waals surface area contributed by atoms with Gasteiger partial charge in [-0.05, 0) is 72.8 Å². The number of phenolic OH excluding ortho intramolecular Hbond substituents is 1. The summed E-state index contributed by atoms with van der Waals surface area (Å²) < 4.78 is 42.5. The molecule has 11 nitrogen and oxygen atoms in total. The smallest absolute Gasteiger partial charge is 0.208 e. The van der Waals surface area contributed by atoms with Gasteiger partial charge in [-0.15, -0.1) is 0 Å². The molecule has 4 aromatic carbocycles. The Morgan fingerprint density at radius 2 is 1.49 bits per heavy atom. The molecule has 49 heavy (non-hydrogen) atoms. The number of fused-ring (bicyclic) bond motifs is 2. The van der Waals surface area contributed by atoms with Crippen LogP contribution < -0.4 is 33.2 Å². The number of nitrogens with zero attached hydrogens (tertiary/aromatic N) is 2. The van der Waals surface area contributed by atoms with Gasteiger partial charge in [0.1, 0.15) is 17.6 Å². The van der Waals surface area contributed by atoms with Gasteiger partial charge >= 0.3 is 0 Å². The molecule has 2 unspecified atom stereocenters. The molecule has 0 aliphatic carbocycles. The van der Waals surface area contributed by atoms with Crippen molar-refractivity contribution in [2.24, 2.45) is 0 Å². The van der Waals surface area contributed by atoms with Gasteiger partial charge in [0, 0.05) is 41.4 Å². The van der Waals surface area contributed by atoms with Crippen LogP contribution in [0.5, 0.6) is 57.5 Å². The molecule has 0 fully saturated rings. The summed E-state index contributed by atoms with van der Waals surface area (Å²) in [5, 5.41) is 24.4. The van der Waals surface area contributed by atoms with Crippen LogP contribution in [-0.2, 0) is 12.8 Å². The van der Waals surface area contributed by atoms with E-state index in [9.17, 15) is 10.2 Å². The van der Waals surface area contributed by atoms with Crippen LogP contribution in [0.1, 0.15) is 40.1 Å². The molecule has 254 valence electrons. The third-order valence-electron chi connectivity index (χ3n) is 9.41. The Morgan fingerprint density at radius 3 is 2.18 bits per heavy atom. The highest BCUT2D eigenvalue weighted by Gasteiger charge is 2.37. The average molecular weight is 667 g/mol. The van der Waals surface area contributed by atoms with Crippen LogP contribution >= 0.6 is 0 Å². The van der Waals surface area contributed by atoms with Gasteiger partial charge in [0.05, 0.1) is 41.2 Å². The minimum absolute atomic E-state index is 0.0590. The van der Waals surface area contributed by atoms with E-state index in [1.165, 1.54) is 7.11 Å². The minimum Gasteiger partial charge on any atom is -0.508 e. The summed E-state index contributed by atoms with van der Waals surface area (Å²) in [5.74, 6) is 3.94. The van der Waals surface area contributed by atoms with Crippen molar-refractivity contribution < 1.29 is 43.4 Å². The fraction of sp³-hybridized carbons (Fsp3) is 0.289. The second-order valence-corrected chi connectivity index (χ2v) is 12.0. The van der Waals surface area contributed by atoms with Crippen molar-refractivity contribution in [3.8, 4) is 57.5 Å². The molecule has 2 N–H and O–H groups in total. The Kier molecular flexibility index (Phi) is 8.47. The lowest BCUT2D eigenvalue weighted by atomic mass is 9.86. The first-order valence-corrected chi connectivity index (χ1v) is 15.8. The zero-order valence-electron chi connectivity index (χ0n) is 28.2. The maximum atomic E-state index is 11.6. The van der Waals surface area contributed by atoms with E-state index in [0.29, 0.717) is 93.3 Å². The third-order valence-corrected chi connectivity index (χ3v) is 9.41. The Bertz CT molecular complexity index is 2050. The summed E-state index contributed by atoms with van der Waals surface area (Å²) in [6.07, 6.45) is 1.61. The minimum atomic E-state index is -1.06. The van der Waals surface area contributed by atoms with E-state index in [4.69, 9.17) is 33.2 Å². The van der Waals surface area contributed by atoms with Gasteiger partial charge in [-0.2, -0.15) is 0 Å². The van der Waals surface area contributed by atoms with E-state index in [0.717, 1.165) is 16.5 Å². The monoisotopic (exact) mass is 666 g/mol. The number of benzene rings is 4. The Morgan fingerprint density at radius 1 is 0.796 bits per heavy atom. The maximum Gasteiger partial charge on any atom is 0.208 e. The summed E-state index contributed by atoms with van der Waals surface area (Å²) in [6, 6.07) is 15.7. The van der Waals surface area contributed by atoms with E-state index in [1.807, 2.05) is 25.2 Å². The van der Waals surface area contributed by atoms with Crippen molar-refractivity contribution in [1.82, 2.24) is 9.88 Å². The van der Waals surface area contributed by atoms with Crippen molar-refractivity contribution in [3.63, 3.8) is 0 Å². The van der Waals surface area contributed by atoms with E-state index < -0.39 is 6.10 Å². The van der Waals surface area contributed by atoms with Gasteiger partial charge in [-0.1, -0.05) is 12.1 Å². The fourth-order valence-electron chi connectivity index (χ4n) is 6.91. The van der Waals surface area contributed by atoms with Crippen molar-refractivity contribution in [2.75, 3.05) is 49.1 Å². The number of aliphatic hydroxyl groups is 1. The largest absolute Gasteiger partial charge is 0.508 e. The lowest BCUT2D eigenvalue weighted by Gasteiger charge is -2.37. The third kappa shape index (κ3) is 5.44. The molecule has 3 aliphatic rings. The average Bonchev–Trinajstić information content (AvgIpc) is 3.12. The second-order valence-electron chi connectivity index (χ2n) is 12.0. The van der Waals surface area contributed by atoms with Gasteiger partial charge in [0.15, 0.2) is 34.5 Å². The maximum absolute atomic E-state index is 11.6. The molecule has 0 saturated carbocycles. The van der Waals surface area contributed by atoms with Crippen molar-refractivity contribution in [2.45, 2.75) is 25.0 Å². The fourth-order valence-corrected chi connectivity index (χ4v) is 6.91. The summed E-state index contributed by atoms with van der Waals surface area (Å²) in [4.78, 5) is 6.81. The van der Waals surface area contributed by atoms with E-state index in [-0.39, 0.29) is 11.8 Å². The molecule has 1 aromatic heterocycles. The number of hydrogen-bond donors (Lipinski definition) is 2. The lowest BCUT2D eigenvalue weighted by molar-refractivity contribution is 0.215. The van der Waals surface area contributed by atoms with Gasteiger partial charge in [0.25, 0.3) is 0 Å². The number of aromatic nitrogens is 1. The van der Waals surface area contributed by atoms with Crippen LogP contribution in [0.25, 0.3) is 10.8 Å². The Hall–Kier alpha value is -5.39. The Labute approximate surface area is 284 Å². The van der Waals surface area contributed by atoms with Gasteiger partial charge < -0.3 is 43.4 Å². The molecule has 0 radical (unpaired) electrons. The number of pyridine rings is 1. The first kappa shape index (κ1) is 32.2. The van der Waals surface area contributed by atoms with Crippen LogP contribution in [-0.4, -0.2) is 69.2 Å². The van der Waals surface area contributed by atoms with Crippen LogP contribution in [0.15, 0.2) is 60.8 Å². The highest BCUT2D eigenvalue weighted by atomic mass is 16.6. The number of hydrogen-bond acceptors (Lipinski definition) is 11. The zero-order chi connectivity index (χ0) is 34.4. The normalized spacial score (nSPS) is 17.0. The lowest BCUT2D eigenvalue weighted by Crippen LogP contribution is -2.34. The van der Waals surface area contributed by atoms with E-state index in [1.54, 1.807) is 71.0 Å². The number of methoxy groups -OCH3 is 5. The van der Waals surface area contributed by atoms with Gasteiger partial charge in [-0.3, -0.25) is 9.88 Å². The summed E-state index contributed by atoms with van der Waals surface area (Å²) in [7, 11) is 9.85. The number of rotatable bonds is 5. The van der Waals surface area contributed by atoms with Crippen LogP contribution in [0.3, 0.4) is 0 Å². The topological polar surface area (TPSA) is 121 Å². The standard InChI is InChI=1S/C38H38N2O9/c1-40-14-12-24-32-26(40)15-22-17-30(29(44-3)19-27(22)41)48-23-9-7-20(8-10-23)34(42)33-25-18-31(28(43-2)16-21(25)11-13-39-33)49-36(32)38(47-6)37(46-5)35(24)45-4/h7-11,13,16-19,26,34,41-42H,12,14-15H2,1-6H3. The SMILES string of the molecule is COc1cc(O)c2cc1Oc1ccc(cc1)C(O)c1nccc3cc(OC)c(cc13)Oc1c(OC)c(OC)c(OC)c3c1C(C2)N(C)CC3. The van der Waals surface area contributed by atoms with Crippen molar-refractivity contribution in [3.05, 3.63) is 88.7 Å². The molecule has 0 saturated heterocycles. The van der Waals surface area contributed by atoms with Crippen molar-refractivity contribution in [1.29, 1.82) is 0 Å². The predicted octanol–water partition coefficient (Wildman–Crippen LogP) is 6.73. The number of ether oxygens (including phenoxy) is 7. The molecular weight excluding hydrogens is 628 g/mol. The van der Waals surface area contributed by atoms with Crippen LogP contribution in [0.4, 0.5) is 0 Å². The van der Waals surface area contributed by atoms with Gasteiger partial charge in [0.2, 0.25) is 11.5 Å². The zero-order valence-corrected chi connectivity index (χ0v) is 28.2. The van der Waals surface area contributed by atoms with E-state index in [2.05, 4.69) is 9.88 Å². The molecule has 4 heterocycles. The number of phenols is 1.